The van der Waals surface area contributed by atoms with Crippen molar-refractivity contribution < 1.29 is 4.74 Å². The van der Waals surface area contributed by atoms with Crippen LogP contribution in [0.5, 0.6) is 5.75 Å². The minimum absolute atomic E-state index is 0.256. The Morgan fingerprint density at radius 3 is 2.35 bits per heavy atom. The van der Waals surface area contributed by atoms with E-state index in [2.05, 4.69) is 26.7 Å². The van der Waals surface area contributed by atoms with Crippen molar-refractivity contribution in [2.75, 3.05) is 7.11 Å². The molecule has 0 radical (unpaired) electrons. The average molecular weight is 251 g/mol. The molecule has 0 aliphatic carbocycles. The summed E-state index contributed by atoms with van der Waals surface area (Å²) in [6.45, 7) is 6.35. The van der Waals surface area contributed by atoms with Crippen LogP contribution < -0.4 is 4.74 Å². The van der Waals surface area contributed by atoms with Crippen molar-refractivity contribution in [1.29, 1.82) is 0 Å². The Hall–Kier alpha value is -1.13. The first-order chi connectivity index (χ1) is 8.01. The van der Waals surface area contributed by atoms with E-state index in [1.165, 1.54) is 0 Å². The van der Waals surface area contributed by atoms with Crippen LogP contribution in [0.25, 0.3) is 0 Å². The van der Waals surface area contributed by atoms with Crippen molar-refractivity contribution in [2.24, 2.45) is 0 Å². The van der Waals surface area contributed by atoms with E-state index < -0.39 is 0 Å². The second-order valence-corrected chi connectivity index (χ2v) is 5.02. The molecule has 0 bridgehead atoms. The molecule has 0 fully saturated rings. The quantitative estimate of drug-likeness (QED) is 0.710. The summed E-state index contributed by atoms with van der Waals surface area (Å²) < 4.78 is 5.53. The molecule has 0 N–H and O–H groups in total. The van der Waals surface area contributed by atoms with Crippen molar-refractivity contribution in [1.82, 2.24) is 0 Å². The van der Waals surface area contributed by atoms with Crippen LogP contribution >= 0.6 is 11.6 Å². The van der Waals surface area contributed by atoms with Gasteiger partial charge in [0.2, 0.25) is 0 Å². The number of hydrogen-bond donors (Lipinski definition) is 0. The van der Waals surface area contributed by atoms with Crippen LogP contribution in [-0.4, -0.2) is 7.11 Å². The third kappa shape index (κ3) is 3.17. The van der Waals surface area contributed by atoms with Gasteiger partial charge in [0.1, 0.15) is 5.75 Å². The Bertz CT molecular complexity index is 429. The number of terminal acetylenes is 1. The van der Waals surface area contributed by atoms with Gasteiger partial charge in [-0.05, 0) is 35.1 Å². The highest BCUT2D eigenvalue weighted by atomic mass is 35.5. The molecule has 0 aliphatic rings. The van der Waals surface area contributed by atoms with Crippen LogP contribution in [0.3, 0.4) is 0 Å². The summed E-state index contributed by atoms with van der Waals surface area (Å²) in [7, 11) is 1.70. The smallest absolute Gasteiger partial charge is 0.125 e. The van der Waals surface area contributed by atoms with Crippen LogP contribution in [0.2, 0.25) is 5.02 Å². The molecule has 1 rings (SSSR count). The van der Waals surface area contributed by atoms with E-state index in [4.69, 9.17) is 22.8 Å². The van der Waals surface area contributed by atoms with Crippen LogP contribution in [0.1, 0.15) is 50.2 Å². The second kappa shape index (κ2) is 5.98. The Kier molecular flexibility index (Phi) is 4.90. The van der Waals surface area contributed by atoms with E-state index in [-0.39, 0.29) is 5.92 Å². The largest absolute Gasteiger partial charge is 0.496 e. The van der Waals surface area contributed by atoms with Gasteiger partial charge in [0.25, 0.3) is 0 Å². The number of halogens is 1. The zero-order chi connectivity index (χ0) is 13.0. The fourth-order valence-corrected chi connectivity index (χ4v) is 2.19. The lowest BCUT2D eigenvalue weighted by Gasteiger charge is -2.19. The van der Waals surface area contributed by atoms with Crippen molar-refractivity contribution in [3.63, 3.8) is 0 Å². The summed E-state index contributed by atoms with van der Waals surface area (Å²) in [5.74, 6) is 4.24. The molecule has 1 atom stereocenters. The van der Waals surface area contributed by atoms with Gasteiger partial charge in [-0.1, -0.05) is 32.4 Å². The van der Waals surface area contributed by atoms with Gasteiger partial charge in [-0.25, -0.2) is 0 Å². The normalized spacial score (nSPS) is 12.3. The first-order valence-corrected chi connectivity index (χ1v) is 6.19. The van der Waals surface area contributed by atoms with E-state index in [9.17, 15) is 0 Å². The Morgan fingerprint density at radius 1 is 1.29 bits per heavy atom. The maximum atomic E-state index is 6.16. The molecule has 0 spiro atoms. The van der Waals surface area contributed by atoms with Gasteiger partial charge in [-0.2, -0.15) is 0 Å². The maximum Gasteiger partial charge on any atom is 0.125 e. The van der Waals surface area contributed by atoms with Crippen molar-refractivity contribution in [3.8, 4) is 18.1 Å². The lowest BCUT2D eigenvalue weighted by molar-refractivity contribution is 0.399. The summed E-state index contributed by atoms with van der Waals surface area (Å²) in [6, 6.07) is 3.92. The summed E-state index contributed by atoms with van der Waals surface area (Å²) in [4.78, 5) is 0. The van der Waals surface area contributed by atoms with E-state index >= 15 is 0 Å². The van der Waals surface area contributed by atoms with Crippen LogP contribution in [0.15, 0.2) is 12.1 Å². The molecule has 1 nitrogen and oxygen atoms in total. The summed E-state index contributed by atoms with van der Waals surface area (Å²) in [6.07, 6.45) is 6.06. The van der Waals surface area contributed by atoms with Crippen molar-refractivity contribution in [2.45, 2.75) is 39.0 Å². The molecule has 1 aromatic rings. The molecular formula is C15H19ClO. The SMILES string of the molecule is C#CCC(C)c1cc(Cl)cc(C(C)C)c1OC. The minimum Gasteiger partial charge on any atom is -0.496 e. The molecule has 0 aliphatic heterocycles. The van der Waals surface area contributed by atoms with Gasteiger partial charge in [0, 0.05) is 11.4 Å². The Balaban J connectivity index is 3.33. The first kappa shape index (κ1) is 13.9. The number of methoxy groups -OCH3 is 1. The van der Waals surface area contributed by atoms with Gasteiger partial charge in [-0.3, -0.25) is 0 Å². The van der Waals surface area contributed by atoms with E-state index in [1.54, 1.807) is 7.11 Å². The van der Waals surface area contributed by atoms with Crippen molar-refractivity contribution >= 4 is 11.6 Å². The highest BCUT2D eigenvalue weighted by Crippen LogP contribution is 2.37. The van der Waals surface area contributed by atoms with E-state index in [0.29, 0.717) is 12.3 Å². The zero-order valence-corrected chi connectivity index (χ0v) is 11.6. The lowest BCUT2D eigenvalue weighted by Crippen LogP contribution is -2.02. The molecule has 2 heteroatoms. The molecule has 1 aromatic carbocycles. The first-order valence-electron chi connectivity index (χ1n) is 5.82. The van der Waals surface area contributed by atoms with Crippen molar-refractivity contribution in [3.05, 3.63) is 28.3 Å². The predicted molar refractivity (Wildman–Crippen MR) is 74.0 cm³/mol. The van der Waals surface area contributed by atoms with E-state index in [0.717, 1.165) is 21.9 Å². The molecule has 1 unspecified atom stereocenters. The molecule has 0 saturated carbocycles. The lowest BCUT2D eigenvalue weighted by atomic mass is 9.91. The maximum absolute atomic E-state index is 6.16. The number of hydrogen-bond acceptors (Lipinski definition) is 1. The van der Waals surface area contributed by atoms with Crippen LogP contribution in [-0.2, 0) is 0 Å². The summed E-state index contributed by atoms with van der Waals surface area (Å²) in [5.41, 5.74) is 2.24. The second-order valence-electron chi connectivity index (χ2n) is 4.58. The Labute approximate surface area is 109 Å². The van der Waals surface area contributed by atoms with Crippen LogP contribution in [0, 0.1) is 12.3 Å². The molecule has 0 saturated heterocycles. The molecule has 0 aromatic heterocycles. The Morgan fingerprint density at radius 2 is 1.88 bits per heavy atom. The van der Waals surface area contributed by atoms with Gasteiger partial charge >= 0.3 is 0 Å². The number of ether oxygens (including phenoxy) is 1. The monoisotopic (exact) mass is 250 g/mol. The third-order valence-electron chi connectivity index (χ3n) is 2.89. The number of rotatable bonds is 4. The molecule has 17 heavy (non-hydrogen) atoms. The van der Waals surface area contributed by atoms with Gasteiger partial charge < -0.3 is 4.74 Å². The molecule has 0 amide bonds. The standard InChI is InChI=1S/C15H19ClO/c1-6-7-11(4)14-9-12(16)8-13(10(2)3)15(14)17-5/h1,8-11H,7H2,2-5H3. The van der Waals surface area contributed by atoms with Crippen LogP contribution in [0.4, 0.5) is 0 Å². The topological polar surface area (TPSA) is 9.23 Å². The van der Waals surface area contributed by atoms with Gasteiger partial charge in [-0.15, -0.1) is 12.3 Å². The van der Waals surface area contributed by atoms with Gasteiger partial charge in [0.05, 0.1) is 7.11 Å². The fourth-order valence-electron chi connectivity index (χ4n) is 1.95. The summed E-state index contributed by atoms with van der Waals surface area (Å²) in [5, 5.41) is 0.744. The van der Waals surface area contributed by atoms with Gasteiger partial charge in [0.15, 0.2) is 0 Å². The zero-order valence-electron chi connectivity index (χ0n) is 10.9. The average Bonchev–Trinajstić information content (AvgIpc) is 2.28. The minimum atomic E-state index is 0.256. The predicted octanol–water partition coefficient (Wildman–Crippen LogP) is 4.60. The third-order valence-corrected chi connectivity index (χ3v) is 3.11. The van der Waals surface area contributed by atoms with E-state index in [1.807, 2.05) is 12.1 Å². The molecular weight excluding hydrogens is 232 g/mol. The number of benzene rings is 1. The summed E-state index contributed by atoms with van der Waals surface area (Å²) >= 11 is 6.16. The molecule has 0 heterocycles. The highest BCUT2D eigenvalue weighted by molar-refractivity contribution is 6.30. The molecule has 92 valence electrons. The highest BCUT2D eigenvalue weighted by Gasteiger charge is 2.17. The fraction of sp³-hybridized carbons (Fsp3) is 0.467.